The van der Waals surface area contributed by atoms with Crippen LogP contribution < -0.4 is 11.1 Å². The molecular weight excluding hydrogens is 275 g/mol. The number of hydrogen-bond acceptors (Lipinski definition) is 5. The van der Waals surface area contributed by atoms with Gasteiger partial charge in [-0.15, -0.1) is 5.10 Å². The largest absolute Gasteiger partial charge is 0.322 e. The highest BCUT2D eigenvalue weighted by Gasteiger charge is 2.17. The van der Waals surface area contributed by atoms with Crippen molar-refractivity contribution in [2.45, 2.75) is 26.3 Å². The van der Waals surface area contributed by atoms with Gasteiger partial charge in [-0.05, 0) is 41.0 Å². The lowest BCUT2D eigenvalue weighted by Gasteiger charge is -2.15. The Morgan fingerprint density at radius 1 is 1.48 bits per heavy atom. The maximum Gasteiger partial charge on any atom is 0.241 e. The lowest BCUT2D eigenvalue weighted by Crippen LogP contribution is -2.36. The Morgan fingerprint density at radius 2 is 2.24 bits per heavy atom. The van der Waals surface area contributed by atoms with E-state index in [1.165, 1.54) is 29.2 Å². The van der Waals surface area contributed by atoms with Gasteiger partial charge in [0.1, 0.15) is 12.1 Å². The number of anilines is 1. The molecule has 0 saturated heterocycles. The Hall–Kier alpha value is -2.35. The molecule has 0 radical (unpaired) electrons. The van der Waals surface area contributed by atoms with Crippen LogP contribution >= 0.6 is 0 Å². The number of rotatable bonds is 5. The molecule has 7 nitrogen and oxygen atoms in total. The van der Waals surface area contributed by atoms with Crippen molar-refractivity contribution in [3.8, 4) is 5.69 Å². The van der Waals surface area contributed by atoms with Crippen molar-refractivity contribution in [1.82, 2.24) is 20.2 Å². The van der Waals surface area contributed by atoms with Gasteiger partial charge in [-0.1, -0.05) is 13.8 Å². The highest BCUT2D eigenvalue weighted by molar-refractivity contribution is 5.95. The second kappa shape index (κ2) is 6.40. The van der Waals surface area contributed by atoms with Gasteiger partial charge in [0.15, 0.2) is 0 Å². The van der Waals surface area contributed by atoms with E-state index in [-0.39, 0.29) is 11.6 Å². The van der Waals surface area contributed by atoms with Crippen LogP contribution in [0.25, 0.3) is 5.69 Å². The molecule has 3 N–H and O–H groups in total. The Bertz CT molecular complexity index is 613. The van der Waals surface area contributed by atoms with E-state index < -0.39 is 17.8 Å². The first-order valence-corrected chi connectivity index (χ1v) is 6.56. The maximum absolute atomic E-state index is 13.8. The molecule has 1 aromatic heterocycles. The van der Waals surface area contributed by atoms with Gasteiger partial charge in [0.05, 0.1) is 17.4 Å². The van der Waals surface area contributed by atoms with Crippen molar-refractivity contribution in [2.75, 3.05) is 5.32 Å². The molecule has 1 amide bonds. The molecule has 0 fully saturated rings. The van der Waals surface area contributed by atoms with Gasteiger partial charge in [0.2, 0.25) is 5.91 Å². The summed E-state index contributed by atoms with van der Waals surface area (Å²) in [6, 6.07) is 3.52. The van der Waals surface area contributed by atoms with Crippen LogP contribution in [0.1, 0.15) is 20.3 Å². The molecule has 1 atom stereocenters. The van der Waals surface area contributed by atoms with Gasteiger partial charge in [0.25, 0.3) is 0 Å². The molecule has 1 heterocycles. The molecule has 0 unspecified atom stereocenters. The monoisotopic (exact) mass is 292 g/mol. The number of hydrogen-bond donors (Lipinski definition) is 2. The van der Waals surface area contributed by atoms with Crippen molar-refractivity contribution in [3.05, 3.63) is 30.3 Å². The van der Waals surface area contributed by atoms with Crippen LogP contribution in [0.15, 0.2) is 24.5 Å². The van der Waals surface area contributed by atoms with Crippen molar-refractivity contribution in [2.24, 2.45) is 11.7 Å². The molecule has 0 aliphatic heterocycles. The predicted molar refractivity (Wildman–Crippen MR) is 75.2 cm³/mol. The number of halogens is 1. The fourth-order valence-corrected chi connectivity index (χ4v) is 1.87. The number of nitrogens with two attached hydrogens (primary N) is 1. The zero-order valence-corrected chi connectivity index (χ0v) is 11.8. The Kier molecular flexibility index (Phi) is 4.59. The van der Waals surface area contributed by atoms with E-state index >= 15 is 0 Å². The highest BCUT2D eigenvalue weighted by Crippen LogP contribution is 2.18. The third kappa shape index (κ3) is 3.82. The van der Waals surface area contributed by atoms with Crippen LogP contribution in [0.5, 0.6) is 0 Å². The fraction of sp³-hybridized carbons (Fsp3) is 0.385. The van der Waals surface area contributed by atoms with Gasteiger partial charge < -0.3 is 11.1 Å². The smallest absolute Gasteiger partial charge is 0.241 e. The Labute approximate surface area is 121 Å². The van der Waals surface area contributed by atoms with Crippen molar-refractivity contribution in [1.29, 1.82) is 0 Å². The van der Waals surface area contributed by atoms with Gasteiger partial charge in [-0.2, -0.15) is 0 Å². The van der Waals surface area contributed by atoms with Crippen LogP contribution in [0.4, 0.5) is 10.1 Å². The van der Waals surface area contributed by atoms with E-state index in [0.29, 0.717) is 12.1 Å². The molecule has 1 aromatic carbocycles. The summed E-state index contributed by atoms with van der Waals surface area (Å²) in [6.07, 6.45) is 1.91. The molecule has 8 heteroatoms. The summed E-state index contributed by atoms with van der Waals surface area (Å²) in [6.45, 7) is 3.93. The molecule has 0 spiro atoms. The molecule has 2 aromatic rings. The first-order chi connectivity index (χ1) is 9.97. The van der Waals surface area contributed by atoms with E-state index in [2.05, 4.69) is 20.8 Å². The molecule has 0 bridgehead atoms. The molecule has 112 valence electrons. The van der Waals surface area contributed by atoms with E-state index in [1.807, 2.05) is 13.8 Å². The highest BCUT2D eigenvalue weighted by atomic mass is 19.1. The lowest BCUT2D eigenvalue weighted by molar-refractivity contribution is -0.117. The summed E-state index contributed by atoms with van der Waals surface area (Å²) in [4.78, 5) is 11.9. The minimum Gasteiger partial charge on any atom is -0.322 e. The van der Waals surface area contributed by atoms with Crippen LogP contribution in [0.2, 0.25) is 0 Å². The average Bonchev–Trinajstić information content (AvgIpc) is 2.94. The number of amides is 1. The number of carbonyl (C=O) groups excluding carboxylic acids is 1. The van der Waals surface area contributed by atoms with Gasteiger partial charge in [-0.25, -0.2) is 9.07 Å². The summed E-state index contributed by atoms with van der Waals surface area (Å²) >= 11 is 0. The van der Waals surface area contributed by atoms with E-state index in [0.717, 1.165) is 0 Å². The third-order valence-electron chi connectivity index (χ3n) is 2.88. The first-order valence-electron chi connectivity index (χ1n) is 6.56. The molecule has 21 heavy (non-hydrogen) atoms. The second-order valence-corrected chi connectivity index (χ2v) is 5.14. The summed E-state index contributed by atoms with van der Waals surface area (Å²) in [7, 11) is 0. The Balaban J connectivity index is 2.16. The minimum absolute atomic E-state index is 0.0483. The normalized spacial score (nSPS) is 12.4. The zero-order chi connectivity index (χ0) is 15.4. The van der Waals surface area contributed by atoms with E-state index in [1.54, 1.807) is 0 Å². The molecule has 2 rings (SSSR count). The summed E-state index contributed by atoms with van der Waals surface area (Å²) in [5.74, 6) is -0.684. The molecule has 0 aliphatic rings. The fourth-order valence-electron chi connectivity index (χ4n) is 1.87. The molecule has 0 saturated carbocycles. The van der Waals surface area contributed by atoms with Gasteiger partial charge in [0, 0.05) is 0 Å². The minimum atomic E-state index is -0.680. The maximum atomic E-state index is 13.8. The summed E-state index contributed by atoms with van der Waals surface area (Å²) in [5, 5.41) is 13.2. The van der Waals surface area contributed by atoms with Crippen LogP contribution in [-0.2, 0) is 4.79 Å². The van der Waals surface area contributed by atoms with Crippen molar-refractivity contribution < 1.29 is 9.18 Å². The van der Waals surface area contributed by atoms with Crippen LogP contribution in [-0.4, -0.2) is 32.2 Å². The zero-order valence-electron chi connectivity index (χ0n) is 11.8. The quantitative estimate of drug-likeness (QED) is 0.860. The molecular formula is C13H17FN6O. The van der Waals surface area contributed by atoms with Crippen LogP contribution in [0.3, 0.4) is 0 Å². The second-order valence-electron chi connectivity index (χ2n) is 5.14. The number of nitrogens with one attached hydrogen (secondary N) is 1. The number of aromatic nitrogens is 4. The number of nitrogens with zero attached hydrogens (tertiary/aromatic N) is 4. The van der Waals surface area contributed by atoms with Gasteiger partial charge in [-0.3, -0.25) is 4.79 Å². The van der Waals surface area contributed by atoms with Crippen molar-refractivity contribution in [3.63, 3.8) is 0 Å². The third-order valence-corrected chi connectivity index (χ3v) is 2.88. The topological polar surface area (TPSA) is 98.7 Å². The summed E-state index contributed by atoms with van der Waals surface area (Å²) in [5.41, 5.74) is 6.36. The van der Waals surface area contributed by atoms with Crippen LogP contribution in [0, 0.1) is 11.7 Å². The summed E-state index contributed by atoms with van der Waals surface area (Å²) < 4.78 is 15.1. The molecule has 0 aliphatic carbocycles. The number of benzene rings is 1. The standard InChI is InChI=1S/C13H17FN6O/c1-8(2)5-11(15)13(21)17-12-6-9(3-4-10(12)14)20-7-16-18-19-20/h3-4,6-8,11H,5,15H2,1-2H3,(H,17,21)/t11-/m0/s1. The lowest BCUT2D eigenvalue weighted by atomic mass is 10.0. The van der Waals surface area contributed by atoms with E-state index in [4.69, 9.17) is 5.73 Å². The number of tetrazole rings is 1. The predicted octanol–water partition coefficient (Wildman–Crippen LogP) is 1.11. The van der Waals surface area contributed by atoms with Crippen molar-refractivity contribution >= 4 is 11.6 Å². The SMILES string of the molecule is CC(C)C[C@H](N)C(=O)Nc1cc(-n2cnnn2)ccc1F. The Morgan fingerprint density at radius 3 is 2.86 bits per heavy atom. The first kappa shape index (κ1) is 15.0. The average molecular weight is 292 g/mol. The van der Waals surface area contributed by atoms with Gasteiger partial charge >= 0.3 is 0 Å². The number of carbonyl (C=O) groups is 1. The van der Waals surface area contributed by atoms with E-state index in [9.17, 15) is 9.18 Å².